The lowest BCUT2D eigenvalue weighted by Gasteiger charge is -2.29. The number of carbonyl (C=O) groups is 1. The molecule has 0 aliphatic carbocycles. The fourth-order valence-electron chi connectivity index (χ4n) is 2.68. The number of hydrogen-bond donors (Lipinski definition) is 1. The number of rotatable bonds is 5. The van der Waals surface area contributed by atoms with Gasteiger partial charge in [0.15, 0.2) is 0 Å². The van der Waals surface area contributed by atoms with Gasteiger partial charge in [0.1, 0.15) is 5.75 Å². The van der Waals surface area contributed by atoms with E-state index < -0.39 is 12.7 Å². The summed E-state index contributed by atoms with van der Waals surface area (Å²) >= 11 is 0. The third kappa shape index (κ3) is 4.77. The first kappa shape index (κ1) is 18.4. The molecule has 0 spiro atoms. The second kappa shape index (κ2) is 7.74. The number of nitrogens with zero attached hydrogens (tertiary/aromatic N) is 1. The molecule has 0 atom stereocenters. The van der Waals surface area contributed by atoms with Crippen LogP contribution in [-0.4, -0.2) is 44.0 Å². The Morgan fingerprint density at radius 3 is 2.71 bits per heavy atom. The van der Waals surface area contributed by atoms with Crippen molar-refractivity contribution >= 4 is 6.09 Å². The third-order valence-corrected chi connectivity index (χ3v) is 3.78. The standard InChI is InChI=1S/C16H21F3N2O3/c1-3-24-15(22)21-5-4-11-6-12(8-20-10-16(17,18)19)14(23-2)7-13(11)9-21/h6-7,20H,3-5,8-10H2,1-2H3. The lowest BCUT2D eigenvalue weighted by molar-refractivity contribution is -0.125. The van der Waals surface area contributed by atoms with Gasteiger partial charge in [-0.05, 0) is 30.5 Å². The third-order valence-electron chi connectivity index (χ3n) is 3.78. The van der Waals surface area contributed by atoms with Crippen molar-refractivity contribution in [1.82, 2.24) is 10.2 Å². The van der Waals surface area contributed by atoms with E-state index in [9.17, 15) is 18.0 Å². The number of carbonyl (C=O) groups excluding carboxylic acids is 1. The topological polar surface area (TPSA) is 50.8 Å². The van der Waals surface area contributed by atoms with E-state index in [-0.39, 0.29) is 12.6 Å². The van der Waals surface area contributed by atoms with E-state index in [4.69, 9.17) is 9.47 Å². The number of benzene rings is 1. The molecule has 1 aromatic carbocycles. The van der Waals surface area contributed by atoms with Gasteiger partial charge in [-0.1, -0.05) is 6.07 Å². The maximum Gasteiger partial charge on any atom is 0.410 e. The van der Waals surface area contributed by atoms with Crippen molar-refractivity contribution in [2.45, 2.75) is 32.6 Å². The zero-order valence-corrected chi connectivity index (χ0v) is 13.7. The number of ether oxygens (including phenoxy) is 2. The Hall–Kier alpha value is -1.96. The van der Waals surface area contributed by atoms with Crippen molar-refractivity contribution in [3.8, 4) is 5.75 Å². The summed E-state index contributed by atoms with van der Waals surface area (Å²) in [6.07, 6.45) is -3.98. The number of fused-ring (bicyclic) bond motifs is 1. The molecule has 0 aromatic heterocycles. The molecule has 0 saturated carbocycles. The lowest BCUT2D eigenvalue weighted by atomic mass is 9.96. The van der Waals surface area contributed by atoms with Crippen molar-refractivity contribution in [3.05, 3.63) is 28.8 Å². The minimum absolute atomic E-state index is 0.0670. The molecule has 2 rings (SSSR count). The summed E-state index contributed by atoms with van der Waals surface area (Å²) in [6.45, 7) is 2.00. The second-order valence-corrected chi connectivity index (χ2v) is 5.52. The fourth-order valence-corrected chi connectivity index (χ4v) is 2.68. The molecule has 1 amide bonds. The van der Waals surface area contributed by atoms with Gasteiger partial charge in [0.2, 0.25) is 0 Å². The minimum atomic E-state index is -4.25. The molecular formula is C16H21F3N2O3. The van der Waals surface area contributed by atoms with Crippen molar-refractivity contribution in [1.29, 1.82) is 0 Å². The van der Waals surface area contributed by atoms with Crippen LogP contribution >= 0.6 is 0 Å². The molecule has 1 N–H and O–H groups in total. The van der Waals surface area contributed by atoms with Gasteiger partial charge in [-0.25, -0.2) is 4.79 Å². The van der Waals surface area contributed by atoms with Crippen LogP contribution in [0.4, 0.5) is 18.0 Å². The summed E-state index contributed by atoms with van der Waals surface area (Å²) < 4.78 is 47.0. The Morgan fingerprint density at radius 1 is 1.33 bits per heavy atom. The quantitative estimate of drug-likeness (QED) is 0.891. The zero-order valence-electron chi connectivity index (χ0n) is 13.7. The van der Waals surface area contributed by atoms with Crippen molar-refractivity contribution in [2.24, 2.45) is 0 Å². The second-order valence-electron chi connectivity index (χ2n) is 5.52. The first-order valence-corrected chi connectivity index (χ1v) is 7.72. The predicted octanol–water partition coefficient (Wildman–Crippen LogP) is 2.86. The normalized spacial score (nSPS) is 14.3. The number of halogens is 3. The Labute approximate surface area is 138 Å². The molecule has 0 radical (unpaired) electrons. The first-order chi connectivity index (χ1) is 11.3. The van der Waals surface area contributed by atoms with Crippen molar-refractivity contribution < 1.29 is 27.4 Å². The summed E-state index contributed by atoms with van der Waals surface area (Å²) in [5, 5.41) is 2.38. The number of hydrogen-bond acceptors (Lipinski definition) is 4. The van der Waals surface area contributed by atoms with E-state index >= 15 is 0 Å². The van der Waals surface area contributed by atoms with Crippen LogP contribution in [0.15, 0.2) is 12.1 Å². The molecule has 134 valence electrons. The first-order valence-electron chi connectivity index (χ1n) is 7.72. The molecule has 0 unspecified atom stereocenters. The monoisotopic (exact) mass is 346 g/mol. The smallest absolute Gasteiger partial charge is 0.410 e. The summed E-state index contributed by atoms with van der Waals surface area (Å²) in [5.74, 6) is 0.508. The van der Waals surface area contributed by atoms with E-state index in [0.29, 0.717) is 37.4 Å². The van der Waals surface area contributed by atoms with Crippen molar-refractivity contribution in [3.63, 3.8) is 0 Å². The molecule has 0 saturated heterocycles. The average molecular weight is 346 g/mol. The molecule has 24 heavy (non-hydrogen) atoms. The highest BCUT2D eigenvalue weighted by Crippen LogP contribution is 2.28. The number of nitrogens with one attached hydrogen (secondary N) is 1. The van der Waals surface area contributed by atoms with Crippen LogP contribution in [0.3, 0.4) is 0 Å². The van der Waals surface area contributed by atoms with Gasteiger partial charge < -0.3 is 19.7 Å². The highest BCUT2D eigenvalue weighted by molar-refractivity contribution is 5.68. The molecule has 1 aliphatic heterocycles. The largest absolute Gasteiger partial charge is 0.496 e. The van der Waals surface area contributed by atoms with E-state index in [0.717, 1.165) is 11.1 Å². The Balaban J connectivity index is 2.11. The molecule has 5 nitrogen and oxygen atoms in total. The van der Waals surface area contributed by atoms with Crippen LogP contribution < -0.4 is 10.1 Å². The minimum Gasteiger partial charge on any atom is -0.496 e. The van der Waals surface area contributed by atoms with Gasteiger partial charge in [-0.2, -0.15) is 13.2 Å². The predicted molar refractivity (Wildman–Crippen MR) is 81.9 cm³/mol. The molecule has 1 heterocycles. The maximum atomic E-state index is 12.3. The van der Waals surface area contributed by atoms with E-state index in [1.165, 1.54) is 7.11 Å². The van der Waals surface area contributed by atoms with Crippen LogP contribution in [0.5, 0.6) is 5.75 Å². The van der Waals surface area contributed by atoms with Crippen LogP contribution in [0.2, 0.25) is 0 Å². The number of amides is 1. The maximum absolute atomic E-state index is 12.3. The Bertz CT molecular complexity index is 591. The summed E-state index contributed by atoms with van der Waals surface area (Å²) in [6, 6.07) is 3.63. The lowest BCUT2D eigenvalue weighted by Crippen LogP contribution is -2.36. The summed E-state index contributed by atoms with van der Waals surface area (Å²) in [4.78, 5) is 13.4. The molecule has 8 heteroatoms. The van der Waals surface area contributed by atoms with Crippen LogP contribution in [0, 0.1) is 0 Å². The Morgan fingerprint density at radius 2 is 2.08 bits per heavy atom. The van der Waals surface area contributed by atoms with Gasteiger partial charge >= 0.3 is 12.3 Å². The van der Waals surface area contributed by atoms with Crippen LogP contribution in [0.1, 0.15) is 23.6 Å². The molecular weight excluding hydrogens is 325 g/mol. The van der Waals surface area contributed by atoms with Gasteiger partial charge in [0.05, 0.1) is 20.3 Å². The average Bonchev–Trinajstić information content (AvgIpc) is 2.52. The Kier molecular flexibility index (Phi) is 5.93. The molecule has 0 bridgehead atoms. The van der Waals surface area contributed by atoms with E-state index in [1.807, 2.05) is 6.07 Å². The number of methoxy groups -OCH3 is 1. The van der Waals surface area contributed by atoms with E-state index in [1.54, 1.807) is 17.9 Å². The zero-order chi connectivity index (χ0) is 17.7. The van der Waals surface area contributed by atoms with E-state index in [2.05, 4.69) is 5.32 Å². The van der Waals surface area contributed by atoms with Gasteiger partial charge in [0.25, 0.3) is 0 Å². The summed E-state index contributed by atoms with van der Waals surface area (Å²) in [7, 11) is 1.47. The highest BCUT2D eigenvalue weighted by Gasteiger charge is 2.27. The van der Waals surface area contributed by atoms with Crippen molar-refractivity contribution in [2.75, 3.05) is 26.8 Å². The molecule has 1 aliphatic rings. The fraction of sp³-hybridized carbons (Fsp3) is 0.562. The van der Waals surface area contributed by atoms with Crippen LogP contribution in [0.25, 0.3) is 0 Å². The van der Waals surface area contributed by atoms with Gasteiger partial charge in [0, 0.05) is 25.2 Å². The van der Waals surface area contributed by atoms with Gasteiger partial charge in [-0.15, -0.1) is 0 Å². The number of alkyl halides is 3. The van der Waals surface area contributed by atoms with Crippen LogP contribution in [-0.2, 0) is 24.2 Å². The molecule has 1 aromatic rings. The van der Waals surface area contributed by atoms with Gasteiger partial charge in [-0.3, -0.25) is 0 Å². The SMILES string of the molecule is CCOC(=O)N1CCc2cc(CNCC(F)(F)F)c(OC)cc2C1. The highest BCUT2D eigenvalue weighted by atomic mass is 19.4. The molecule has 0 fully saturated rings. The summed E-state index contributed by atoms with van der Waals surface area (Å²) in [5.41, 5.74) is 2.61.